The van der Waals surface area contributed by atoms with Gasteiger partial charge in [0.2, 0.25) is 10.0 Å². The van der Waals surface area contributed by atoms with Crippen molar-refractivity contribution in [2.24, 2.45) is 5.14 Å². The fourth-order valence-corrected chi connectivity index (χ4v) is 1.51. The number of aromatic nitrogens is 3. The Balaban J connectivity index is 2.75. The Morgan fingerprint density at radius 2 is 2.00 bits per heavy atom. The molecule has 0 aliphatic rings. The van der Waals surface area contributed by atoms with E-state index in [9.17, 15) is 8.42 Å². The Bertz CT molecular complexity index is 581. The van der Waals surface area contributed by atoms with Crippen molar-refractivity contribution in [3.8, 4) is 0 Å². The van der Waals surface area contributed by atoms with E-state index in [2.05, 4.69) is 15.0 Å². The quantitative estimate of drug-likeness (QED) is 0.694. The van der Waals surface area contributed by atoms with Crippen LogP contribution in [0.1, 0.15) is 0 Å². The lowest BCUT2D eigenvalue weighted by atomic mass is 10.3. The van der Waals surface area contributed by atoms with E-state index in [1.165, 1.54) is 24.8 Å². The van der Waals surface area contributed by atoms with E-state index in [-0.39, 0.29) is 4.90 Å². The molecule has 0 spiro atoms. The van der Waals surface area contributed by atoms with Gasteiger partial charge in [0.25, 0.3) is 0 Å². The minimum atomic E-state index is -3.71. The molecule has 0 aromatic carbocycles. The first-order chi connectivity index (χ1) is 6.57. The van der Waals surface area contributed by atoms with Crippen LogP contribution in [0.5, 0.6) is 0 Å². The highest BCUT2D eigenvalue weighted by Gasteiger charge is 2.08. The van der Waals surface area contributed by atoms with Crippen LogP contribution in [0.2, 0.25) is 0 Å². The first-order valence-electron chi connectivity index (χ1n) is 3.66. The SMILES string of the molecule is NS(=O)(=O)c1cnc2ncncc2c1. The molecule has 2 rings (SSSR count). The van der Waals surface area contributed by atoms with Gasteiger partial charge in [0.1, 0.15) is 11.2 Å². The number of sulfonamides is 1. The molecule has 2 heterocycles. The van der Waals surface area contributed by atoms with Crippen LogP contribution in [-0.2, 0) is 10.0 Å². The second kappa shape index (κ2) is 2.96. The van der Waals surface area contributed by atoms with E-state index in [4.69, 9.17) is 5.14 Å². The highest BCUT2D eigenvalue weighted by molar-refractivity contribution is 7.89. The van der Waals surface area contributed by atoms with Crippen LogP contribution in [0.4, 0.5) is 0 Å². The minimum absolute atomic E-state index is 0.0419. The van der Waals surface area contributed by atoms with Gasteiger partial charge in [-0.05, 0) is 6.07 Å². The molecule has 0 bridgehead atoms. The third-order valence-corrected chi connectivity index (χ3v) is 2.54. The highest BCUT2D eigenvalue weighted by Crippen LogP contribution is 2.11. The number of primary sulfonamides is 1. The van der Waals surface area contributed by atoms with Crippen molar-refractivity contribution in [2.75, 3.05) is 0 Å². The lowest BCUT2D eigenvalue weighted by Gasteiger charge is -1.98. The monoisotopic (exact) mass is 210 g/mol. The summed E-state index contributed by atoms with van der Waals surface area (Å²) in [6.07, 6.45) is 3.99. The van der Waals surface area contributed by atoms with Crippen molar-refractivity contribution in [2.45, 2.75) is 4.90 Å². The lowest BCUT2D eigenvalue weighted by Crippen LogP contribution is -2.12. The number of hydrogen-bond acceptors (Lipinski definition) is 5. The number of nitrogens with zero attached hydrogens (tertiary/aromatic N) is 3. The Morgan fingerprint density at radius 3 is 2.71 bits per heavy atom. The molecule has 2 aromatic heterocycles. The van der Waals surface area contributed by atoms with Crippen LogP contribution in [0.25, 0.3) is 11.0 Å². The molecule has 0 aliphatic carbocycles. The fourth-order valence-electron chi connectivity index (χ4n) is 1.01. The van der Waals surface area contributed by atoms with E-state index < -0.39 is 10.0 Å². The van der Waals surface area contributed by atoms with Gasteiger partial charge in [-0.15, -0.1) is 0 Å². The molecule has 7 heteroatoms. The van der Waals surface area contributed by atoms with Crippen molar-refractivity contribution in [1.82, 2.24) is 15.0 Å². The van der Waals surface area contributed by atoms with Gasteiger partial charge in [-0.1, -0.05) is 0 Å². The zero-order valence-electron chi connectivity index (χ0n) is 6.95. The molecular formula is C7H6N4O2S. The predicted octanol–water partition coefficient (Wildman–Crippen LogP) is -0.328. The van der Waals surface area contributed by atoms with E-state index in [1.807, 2.05) is 0 Å². The van der Waals surface area contributed by atoms with Crippen LogP contribution in [0.3, 0.4) is 0 Å². The summed E-state index contributed by atoms with van der Waals surface area (Å²) in [6.45, 7) is 0. The average molecular weight is 210 g/mol. The molecule has 2 N–H and O–H groups in total. The van der Waals surface area contributed by atoms with Crippen molar-refractivity contribution >= 4 is 21.1 Å². The molecule has 0 aliphatic heterocycles. The first kappa shape index (κ1) is 8.97. The molecule has 6 nitrogen and oxygen atoms in total. The summed E-state index contributed by atoms with van der Waals surface area (Å²) in [6, 6.07) is 1.39. The number of pyridine rings is 1. The summed E-state index contributed by atoms with van der Waals surface area (Å²) in [7, 11) is -3.71. The van der Waals surface area contributed by atoms with Crippen LogP contribution in [0.15, 0.2) is 29.7 Å². The minimum Gasteiger partial charge on any atom is -0.244 e. The summed E-state index contributed by atoms with van der Waals surface area (Å²) in [5.41, 5.74) is 0.437. The maximum absolute atomic E-state index is 11.0. The van der Waals surface area contributed by atoms with Crippen molar-refractivity contribution in [3.63, 3.8) is 0 Å². The van der Waals surface area contributed by atoms with Crippen molar-refractivity contribution < 1.29 is 8.42 Å². The van der Waals surface area contributed by atoms with Gasteiger partial charge in [-0.3, -0.25) is 0 Å². The molecule has 0 unspecified atom stereocenters. The molecule has 0 saturated heterocycles. The van der Waals surface area contributed by atoms with Gasteiger partial charge in [-0.25, -0.2) is 28.5 Å². The van der Waals surface area contributed by atoms with Crippen LogP contribution >= 0.6 is 0 Å². The topological polar surface area (TPSA) is 98.8 Å². The second-order valence-electron chi connectivity index (χ2n) is 2.65. The van der Waals surface area contributed by atoms with E-state index in [0.717, 1.165) is 0 Å². The van der Waals surface area contributed by atoms with E-state index >= 15 is 0 Å². The number of hydrogen-bond donors (Lipinski definition) is 1. The number of rotatable bonds is 1. The maximum Gasteiger partial charge on any atom is 0.239 e. The third kappa shape index (κ3) is 1.54. The predicted molar refractivity (Wildman–Crippen MR) is 48.7 cm³/mol. The Morgan fingerprint density at radius 1 is 1.21 bits per heavy atom. The van der Waals surface area contributed by atoms with E-state index in [1.54, 1.807) is 0 Å². The molecule has 0 atom stereocenters. The molecule has 14 heavy (non-hydrogen) atoms. The van der Waals surface area contributed by atoms with Crippen LogP contribution in [0, 0.1) is 0 Å². The smallest absolute Gasteiger partial charge is 0.239 e. The number of fused-ring (bicyclic) bond motifs is 1. The zero-order valence-corrected chi connectivity index (χ0v) is 7.77. The molecule has 2 aromatic rings. The zero-order chi connectivity index (χ0) is 10.2. The lowest BCUT2D eigenvalue weighted by molar-refractivity contribution is 0.597. The highest BCUT2D eigenvalue weighted by atomic mass is 32.2. The van der Waals surface area contributed by atoms with Gasteiger partial charge in [0.05, 0.1) is 0 Å². The third-order valence-electron chi connectivity index (χ3n) is 1.66. The maximum atomic E-state index is 11.0. The molecular weight excluding hydrogens is 204 g/mol. The summed E-state index contributed by atoms with van der Waals surface area (Å²) < 4.78 is 21.9. The Labute approximate surface area is 79.9 Å². The summed E-state index contributed by atoms with van der Waals surface area (Å²) in [5, 5.41) is 5.48. The standard InChI is InChI=1S/C7H6N4O2S/c8-14(12,13)6-1-5-2-9-4-11-7(5)10-3-6/h1-4H,(H2,8,12,13). The molecule has 0 saturated carbocycles. The fraction of sp³-hybridized carbons (Fsp3) is 0. The molecule has 0 radical (unpaired) electrons. The average Bonchev–Trinajstić information content (AvgIpc) is 2.16. The normalized spacial score (nSPS) is 11.8. The molecule has 0 fully saturated rings. The van der Waals surface area contributed by atoms with Gasteiger partial charge in [-0.2, -0.15) is 0 Å². The van der Waals surface area contributed by atoms with Gasteiger partial charge in [0.15, 0.2) is 5.65 Å². The van der Waals surface area contributed by atoms with E-state index in [0.29, 0.717) is 11.0 Å². The second-order valence-corrected chi connectivity index (χ2v) is 4.21. The van der Waals surface area contributed by atoms with Gasteiger partial charge < -0.3 is 0 Å². The van der Waals surface area contributed by atoms with Gasteiger partial charge >= 0.3 is 0 Å². The Hall–Kier alpha value is -1.60. The van der Waals surface area contributed by atoms with Gasteiger partial charge in [0, 0.05) is 17.8 Å². The van der Waals surface area contributed by atoms with Crippen LogP contribution in [-0.4, -0.2) is 23.4 Å². The molecule has 0 amide bonds. The largest absolute Gasteiger partial charge is 0.244 e. The Kier molecular flexibility index (Phi) is 1.90. The number of nitrogens with two attached hydrogens (primary N) is 1. The molecule has 72 valence electrons. The first-order valence-corrected chi connectivity index (χ1v) is 5.20. The summed E-state index contributed by atoms with van der Waals surface area (Å²) in [4.78, 5) is 11.4. The van der Waals surface area contributed by atoms with Crippen molar-refractivity contribution in [3.05, 3.63) is 24.8 Å². The van der Waals surface area contributed by atoms with Crippen LogP contribution < -0.4 is 5.14 Å². The summed E-state index contributed by atoms with van der Waals surface area (Å²) in [5.74, 6) is 0. The van der Waals surface area contributed by atoms with Crippen molar-refractivity contribution in [1.29, 1.82) is 0 Å². The summed E-state index contributed by atoms with van der Waals surface area (Å²) >= 11 is 0.